The summed E-state index contributed by atoms with van der Waals surface area (Å²) < 4.78 is 0.720. The molecular weight excluding hydrogens is 250 g/mol. The zero-order chi connectivity index (χ0) is 12.7. The van der Waals surface area contributed by atoms with Gasteiger partial charge in [-0.25, -0.2) is 0 Å². The van der Waals surface area contributed by atoms with Crippen LogP contribution in [0, 0.1) is 6.92 Å². The van der Waals surface area contributed by atoms with Crippen molar-refractivity contribution < 1.29 is 4.79 Å². The number of nitrogens with one attached hydrogen (secondary N) is 1. The number of carbonyl (C=O) groups excluding carboxylic acids is 1. The minimum atomic E-state index is 0.288. The molecule has 4 heteroatoms. The van der Waals surface area contributed by atoms with E-state index in [-0.39, 0.29) is 5.78 Å². The quantitative estimate of drug-likeness (QED) is 0.822. The number of anilines is 1. The molecule has 1 aromatic rings. The fourth-order valence-electron chi connectivity index (χ4n) is 1.23. The van der Waals surface area contributed by atoms with Crippen molar-refractivity contribution in [3.05, 3.63) is 29.8 Å². The second-order valence-electron chi connectivity index (χ2n) is 3.77. The third-order valence-corrected chi connectivity index (χ3v) is 3.53. The van der Waals surface area contributed by atoms with Crippen molar-refractivity contribution >= 4 is 39.8 Å². The largest absolute Gasteiger partial charge is 0.341 e. The summed E-state index contributed by atoms with van der Waals surface area (Å²) in [5.41, 5.74) is 2.22. The lowest BCUT2D eigenvalue weighted by molar-refractivity contribution is -0.118. The van der Waals surface area contributed by atoms with Crippen LogP contribution >= 0.6 is 24.0 Å². The van der Waals surface area contributed by atoms with Crippen molar-refractivity contribution in [2.75, 3.05) is 11.1 Å². The number of rotatable bonds is 5. The van der Waals surface area contributed by atoms with E-state index >= 15 is 0 Å². The number of thioether (sulfide) groups is 1. The van der Waals surface area contributed by atoms with Crippen LogP contribution in [0.25, 0.3) is 0 Å². The average molecular weight is 267 g/mol. The van der Waals surface area contributed by atoms with Crippen molar-refractivity contribution in [1.29, 1.82) is 0 Å². The summed E-state index contributed by atoms with van der Waals surface area (Å²) in [4.78, 5) is 11.1. The monoisotopic (exact) mass is 267 g/mol. The molecule has 0 heterocycles. The number of ketones is 1. The lowest BCUT2D eigenvalue weighted by Gasteiger charge is -2.07. The lowest BCUT2D eigenvalue weighted by Crippen LogP contribution is -2.06. The molecule has 0 aliphatic heterocycles. The molecule has 0 unspecified atom stereocenters. The Bertz CT molecular complexity index is 387. The van der Waals surface area contributed by atoms with Gasteiger partial charge in [-0.1, -0.05) is 48.6 Å². The van der Waals surface area contributed by atoms with Gasteiger partial charge in [-0.15, -0.1) is 0 Å². The van der Waals surface area contributed by atoms with Crippen LogP contribution in [0.15, 0.2) is 24.3 Å². The number of Topliss-reactive ketones (excluding diaryl/α,β-unsaturated/α-hetero) is 1. The van der Waals surface area contributed by atoms with E-state index in [2.05, 4.69) is 5.32 Å². The van der Waals surface area contributed by atoms with Gasteiger partial charge in [0.2, 0.25) is 0 Å². The molecule has 0 saturated heterocycles. The molecule has 0 atom stereocenters. The van der Waals surface area contributed by atoms with Crippen molar-refractivity contribution in [3.63, 3.8) is 0 Å². The molecule has 0 fully saturated rings. The molecule has 17 heavy (non-hydrogen) atoms. The molecule has 1 aromatic carbocycles. The molecule has 0 radical (unpaired) electrons. The molecule has 0 amide bonds. The van der Waals surface area contributed by atoms with E-state index < -0.39 is 0 Å². The predicted molar refractivity (Wildman–Crippen MR) is 79.8 cm³/mol. The number of aryl methyl sites for hydroxylation is 1. The smallest absolute Gasteiger partial charge is 0.138 e. The van der Waals surface area contributed by atoms with Gasteiger partial charge < -0.3 is 5.32 Å². The molecule has 0 aliphatic carbocycles. The summed E-state index contributed by atoms with van der Waals surface area (Å²) in [6, 6.07) is 8.07. The second kappa shape index (κ2) is 7.45. The van der Waals surface area contributed by atoms with Crippen LogP contribution in [0.5, 0.6) is 0 Å². The third kappa shape index (κ3) is 5.84. The van der Waals surface area contributed by atoms with Gasteiger partial charge in [0.1, 0.15) is 10.1 Å². The molecule has 1 rings (SSSR count). The van der Waals surface area contributed by atoms with E-state index in [1.54, 1.807) is 0 Å². The summed E-state index contributed by atoms with van der Waals surface area (Å²) >= 11 is 6.72. The third-order valence-electron chi connectivity index (χ3n) is 2.31. The average Bonchev–Trinajstić information content (AvgIpc) is 2.32. The highest BCUT2D eigenvalue weighted by Gasteiger charge is 2.02. The Morgan fingerprint density at radius 3 is 2.59 bits per heavy atom. The maximum atomic E-state index is 11.1. The topological polar surface area (TPSA) is 29.1 Å². The zero-order valence-corrected chi connectivity index (χ0v) is 11.8. The molecule has 0 aromatic heterocycles. The van der Waals surface area contributed by atoms with E-state index in [4.69, 9.17) is 12.2 Å². The molecule has 0 spiro atoms. The first-order valence-electron chi connectivity index (χ1n) is 5.64. The van der Waals surface area contributed by atoms with E-state index in [1.807, 2.05) is 38.1 Å². The van der Waals surface area contributed by atoms with E-state index in [0.717, 1.165) is 15.8 Å². The molecule has 2 nitrogen and oxygen atoms in total. The molecule has 92 valence electrons. The standard InChI is InChI=1S/C13H17NOS2/c1-3-12(15)8-9-17-13(16)14-11-6-4-10(2)5-7-11/h4-7H,3,8-9H2,1-2H3,(H,14,16). The fourth-order valence-corrected chi connectivity index (χ4v) is 2.30. The number of hydrogen-bond donors (Lipinski definition) is 1. The minimum Gasteiger partial charge on any atom is -0.341 e. The summed E-state index contributed by atoms with van der Waals surface area (Å²) in [5, 5.41) is 3.14. The number of hydrogen-bond acceptors (Lipinski definition) is 3. The van der Waals surface area contributed by atoms with Crippen LogP contribution in [0.1, 0.15) is 25.3 Å². The molecule has 0 bridgehead atoms. The Hall–Kier alpha value is -0.870. The highest BCUT2D eigenvalue weighted by atomic mass is 32.2. The van der Waals surface area contributed by atoms with Gasteiger partial charge in [0.25, 0.3) is 0 Å². The van der Waals surface area contributed by atoms with Gasteiger partial charge in [0.05, 0.1) is 0 Å². The van der Waals surface area contributed by atoms with Crippen LogP contribution < -0.4 is 5.32 Å². The summed E-state index contributed by atoms with van der Waals surface area (Å²) in [7, 11) is 0. The van der Waals surface area contributed by atoms with E-state index in [1.165, 1.54) is 17.3 Å². The van der Waals surface area contributed by atoms with Gasteiger partial charge in [-0.2, -0.15) is 0 Å². The minimum absolute atomic E-state index is 0.288. The normalized spacial score (nSPS) is 10.0. The van der Waals surface area contributed by atoms with Crippen molar-refractivity contribution in [2.45, 2.75) is 26.7 Å². The van der Waals surface area contributed by atoms with Crippen LogP contribution in [0.4, 0.5) is 5.69 Å². The Balaban J connectivity index is 2.30. The van der Waals surface area contributed by atoms with Gasteiger partial charge in [0, 0.05) is 24.3 Å². The molecule has 0 saturated carbocycles. The predicted octanol–water partition coefficient (Wildman–Crippen LogP) is 3.79. The maximum absolute atomic E-state index is 11.1. The molecule has 1 N–H and O–H groups in total. The van der Waals surface area contributed by atoms with Crippen LogP contribution in [-0.2, 0) is 4.79 Å². The Labute approximate surface area is 112 Å². The van der Waals surface area contributed by atoms with Gasteiger partial charge in [-0.05, 0) is 19.1 Å². The van der Waals surface area contributed by atoms with Gasteiger partial charge in [0.15, 0.2) is 0 Å². The van der Waals surface area contributed by atoms with Crippen molar-refractivity contribution in [2.24, 2.45) is 0 Å². The van der Waals surface area contributed by atoms with Gasteiger partial charge in [-0.3, -0.25) is 4.79 Å². The van der Waals surface area contributed by atoms with Crippen LogP contribution in [-0.4, -0.2) is 15.9 Å². The first-order chi connectivity index (χ1) is 8.11. The highest BCUT2D eigenvalue weighted by Crippen LogP contribution is 2.13. The van der Waals surface area contributed by atoms with E-state index in [0.29, 0.717) is 12.8 Å². The van der Waals surface area contributed by atoms with Crippen molar-refractivity contribution in [3.8, 4) is 0 Å². The highest BCUT2D eigenvalue weighted by molar-refractivity contribution is 8.23. The Morgan fingerprint density at radius 1 is 1.35 bits per heavy atom. The Morgan fingerprint density at radius 2 is 2.00 bits per heavy atom. The van der Waals surface area contributed by atoms with E-state index in [9.17, 15) is 4.79 Å². The van der Waals surface area contributed by atoms with Crippen molar-refractivity contribution in [1.82, 2.24) is 0 Å². The molecule has 0 aliphatic rings. The lowest BCUT2D eigenvalue weighted by atomic mass is 10.2. The second-order valence-corrected chi connectivity index (χ2v) is 5.54. The maximum Gasteiger partial charge on any atom is 0.138 e. The summed E-state index contributed by atoms with van der Waals surface area (Å²) in [5.74, 6) is 1.04. The summed E-state index contributed by atoms with van der Waals surface area (Å²) in [6.45, 7) is 3.93. The first kappa shape index (κ1) is 14.2. The number of benzene rings is 1. The van der Waals surface area contributed by atoms with Crippen LogP contribution in [0.2, 0.25) is 0 Å². The number of thiocarbonyl (C=S) groups is 1. The molecular formula is C13H17NOS2. The fraction of sp³-hybridized carbons (Fsp3) is 0.385. The first-order valence-corrected chi connectivity index (χ1v) is 7.03. The number of carbonyl (C=O) groups is 1. The van der Waals surface area contributed by atoms with Crippen LogP contribution in [0.3, 0.4) is 0 Å². The van der Waals surface area contributed by atoms with Gasteiger partial charge >= 0.3 is 0 Å². The summed E-state index contributed by atoms with van der Waals surface area (Å²) in [6.07, 6.45) is 1.20. The Kier molecular flexibility index (Phi) is 6.22. The zero-order valence-electron chi connectivity index (χ0n) is 10.2. The SMILES string of the molecule is CCC(=O)CCSC(=S)Nc1ccc(C)cc1.